The van der Waals surface area contributed by atoms with E-state index < -0.39 is 31.2 Å². The molecule has 2 aromatic carbocycles. The fourth-order valence-electron chi connectivity index (χ4n) is 2.19. The zero-order chi connectivity index (χ0) is 16.7. The average molecular weight is 316 g/mol. The molecule has 0 radical (unpaired) electrons. The van der Waals surface area contributed by atoms with Gasteiger partial charge in [0, 0.05) is 0 Å². The summed E-state index contributed by atoms with van der Waals surface area (Å²) in [5, 5.41) is 27.6. The van der Waals surface area contributed by atoms with Gasteiger partial charge in [-0.25, -0.2) is 0 Å². The molecule has 0 bridgehead atoms. The van der Waals surface area contributed by atoms with Crippen LogP contribution in [0.15, 0.2) is 54.6 Å². The van der Waals surface area contributed by atoms with Gasteiger partial charge in [0.1, 0.15) is 6.61 Å². The topological polar surface area (TPSA) is 87.0 Å². The molecule has 2 rings (SSSR count). The molecule has 0 atom stereocenters. The van der Waals surface area contributed by atoms with E-state index in [1.54, 1.807) is 0 Å². The summed E-state index contributed by atoms with van der Waals surface area (Å²) in [5.74, 6) is -0.747. The van der Waals surface area contributed by atoms with Crippen molar-refractivity contribution in [2.24, 2.45) is 0 Å². The van der Waals surface area contributed by atoms with Crippen LogP contribution in [0, 0.1) is 0 Å². The lowest BCUT2D eigenvalue weighted by Gasteiger charge is -2.27. The van der Waals surface area contributed by atoms with Crippen molar-refractivity contribution in [3.63, 3.8) is 0 Å². The highest BCUT2D eigenvalue weighted by atomic mass is 16.5. The normalized spacial score (nSPS) is 11.4. The second kappa shape index (κ2) is 7.99. The molecule has 5 heteroatoms. The molecular formula is C18H20O5. The summed E-state index contributed by atoms with van der Waals surface area (Å²) in [4.78, 5) is 11.7. The minimum Gasteiger partial charge on any atom is -0.393 e. The third-order valence-electron chi connectivity index (χ3n) is 3.74. The van der Waals surface area contributed by atoms with Crippen molar-refractivity contribution in [2.45, 2.75) is 12.2 Å². The van der Waals surface area contributed by atoms with Gasteiger partial charge in [-0.3, -0.25) is 4.79 Å². The van der Waals surface area contributed by atoms with Crippen molar-refractivity contribution in [1.29, 1.82) is 0 Å². The minimum atomic E-state index is -1.77. The molecule has 5 nitrogen and oxygen atoms in total. The Bertz CT molecular complexity index is 618. The van der Waals surface area contributed by atoms with Crippen molar-refractivity contribution in [2.75, 3.05) is 19.8 Å². The quantitative estimate of drug-likeness (QED) is 0.680. The van der Waals surface area contributed by atoms with Crippen LogP contribution in [0.3, 0.4) is 0 Å². The number of hydrogen-bond donors (Lipinski definition) is 3. The SMILES string of the molecule is O=C(CO)C(CO)(CO)OCc1ccc(-c2ccccc2)cc1. The predicted octanol–water partition coefficient (Wildman–Crippen LogP) is 1.16. The zero-order valence-corrected chi connectivity index (χ0v) is 12.7. The maximum absolute atomic E-state index is 11.7. The molecule has 0 saturated carbocycles. The van der Waals surface area contributed by atoms with Gasteiger partial charge in [0.2, 0.25) is 0 Å². The monoisotopic (exact) mass is 316 g/mol. The number of aliphatic hydroxyl groups is 3. The number of hydrogen-bond acceptors (Lipinski definition) is 5. The summed E-state index contributed by atoms with van der Waals surface area (Å²) >= 11 is 0. The first kappa shape index (κ1) is 17.3. The predicted molar refractivity (Wildman–Crippen MR) is 85.7 cm³/mol. The van der Waals surface area contributed by atoms with E-state index in [9.17, 15) is 15.0 Å². The second-order valence-electron chi connectivity index (χ2n) is 5.24. The summed E-state index contributed by atoms with van der Waals surface area (Å²) in [6.45, 7) is -2.13. The summed E-state index contributed by atoms with van der Waals surface area (Å²) in [6, 6.07) is 17.5. The molecule has 0 aliphatic carbocycles. The first-order valence-corrected chi connectivity index (χ1v) is 7.29. The Hall–Kier alpha value is -2.05. The fourth-order valence-corrected chi connectivity index (χ4v) is 2.19. The first-order valence-electron chi connectivity index (χ1n) is 7.29. The highest BCUT2D eigenvalue weighted by Crippen LogP contribution is 2.21. The van der Waals surface area contributed by atoms with Crippen molar-refractivity contribution in [1.82, 2.24) is 0 Å². The van der Waals surface area contributed by atoms with Gasteiger partial charge in [-0.2, -0.15) is 0 Å². The third kappa shape index (κ3) is 4.03. The molecular weight excluding hydrogens is 296 g/mol. The van der Waals surface area contributed by atoms with E-state index in [1.165, 1.54) is 0 Å². The molecule has 2 aromatic rings. The van der Waals surface area contributed by atoms with Crippen molar-refractivity contribution in [3.8, 4) is 11.1 Å². The van der Waals surface area contributed by atoms with E-state index in [2.05, 4.69) is 0 Å². The Morgan fingerprint density at radius 1 is 0.870 bits per heavy atom. The molecule has 0 heterocycles. The van der Waals surface area contributed by atoms with E-state index >= 15 is 0 Å². The summed E-state index contributed by atoms with van der Waals surface area (Å²) in [6.07, 6.45) is 0. The van der Waals surface area contributed by atoms with Gasteiger partial charge in [0.15, 0.2) is 11.4 Å². The van der Waals surface area contributed by atoms with Crippen LogP contribution in [0.4, 0.5) is 0 Å². The summed E-state index contributed by atoms with van der Waals surface area (Å²) in [7, 11) is 0. The van der Waals surface area contributed by atoms with Crippen LogP contribution in [0.5, 0.6) is 0 Å². The Balaban J connectivity index is 2.07. The fraction of sp³-hybridized carbons (Fsp3) is 0.278. The maximum atomic E-state index is 11.7. The van der Waals surface area contributed by atoms with Crippen LogP contribution in [0.25, 0.3) is 11.1 Å². The lowest BCUT2D eigenvalue weighted by atomic mass is 10.0. The van der Waals surface area contributed by atoms with E-state index in [0.29, 0.717) is 0 Å². The van der Waals surface area contributed by atoms with Crippen molar-refractivity contribution < 1.29 is 24.9 Å². The first-order chi connectivity index (χ1) is 11.1. The zero-order valence-electron chi connectivity index (χ0n) is 12.7. The van der Waals surface area contributed by atoms with Gasteiger partial charge in [0.05, 0.1) is 19.8 Å². The van der Waals surface area contributed by atoms with Gasteiger partial charge < -0.3 is 20.1 Å². The Labute approximate surface area is 134 Å². The summed E-state index contributed by atoms with van der Waals surface area (Å²) < 4.78 is 5.40. The van der Waals surface area contributed by atoms with Crippen LogP contribution in [-0.4, -0.2) is 46.5 Å². The molecule has 0 spiro atoms. The van der Waals surface area contributed by atoms with Crippen molar-refractivity contribution in [3.05, 3.63) is 60.2 Å². The molecule has 0 aliphatic rings. The van der Waals surface area contributed by atoms with Crippen LogP contribution < -0.4 is 0 Å². The van der Waals surface area contributed by atoms with E-state index in [-0.39, 0.29) is 6.61 Å². The van der Waals surface area contributed by atoms with Crippen LogP contribution in [0.1, 0.15) is 5.56 Å². The van der Waals surface area contributed by atoms with Gasteiger partial charge in [0.25, 0.3) is 0 Å². The van der Waals surface area contributed by atoms with E-state index in [0.717, 1.165) is 16.7 Å². The molecule has 0 amide bonds. The largest absolute Gasteiger partial charge is 0.393 e. The number of carbonyl (C=O) groups excluding carboxylic acids is 1. The maximum Gasteiger partial charge on any atom is 0.194 e. The van der Waals surface area contributed by atoms with Gasteiger partial charge in [-0.15, -0.1) is 0 Å². The standard InChI is InChI=1S/C18H20O5/c19-10-17(22)18(12-20,13-21)23-11-14-6-8-16(9-7-14)15-4-2-1-3-5-15/h1-9,19-21H,10-13H2. The highest BCUT2D eigenvalue weighted by Gasteiger charge is 2.37. The Kier molecular flexibility index (Phi) is 6.01. The molecule has 122 valence electrons. The van der Waals surface area contributed by atoms with Crippen LogP contribution in [0.2, 0.25) is 0 Å². The molecule has 0 unspecified atom stereocenters. The molecule has 0 saturated heterocycles. The number of ketones is 1. The number of rotatable bonds is 8. The number of ether oxygens (including phenoxy) is 1. The lowest BCUT2D eigenvalue weighted by molar-refractivity contribution is -0.163. The van der Waals surface area contributed by atoms with E-state index in [1.807, 2.05) is 54.6 Å². The van der Waals surface area contributed by atoms with Crippen LogP contribution in [-0.2, 0) is 16.1 Å². The number of benzene rings is 2. The second-order valence-corrected chi connectivity index (χ2v) is 5.24. The third-order valence-corrected chi connectivity index (χ3v) is 3.74. The van der Waals surface area contributed by atoms with Gasteiger partial charge >= 0.3 is 0 Å². The number of Topliss-reactive ketones (excluding diaryl/α,β-unsaturated/α-hetero) is 1. The molecule has 0 aliphatic heterocycles. The van der Waals surface area contributed by atoms with Crippen molar-refractivity contribution >= 4 is 5.78 Å². The van der Waals surface area contributed by atoms with Gasteiger partial charge in [-0.1, -0.05) is 54.6 Å². The number of aliphatic hydroxyl groups excluding tert-OH is 3. The average Bonchev–Trinajstić information content (AvgIpc) is 2.64. The molecule has 23 heavy (non-hydrogen) atoms. The number of carbonyl (C=O) groups is 1. The van der Waals surface area contributed by atoms with Crippen LogP contribution >= 0.6 is 0 Å². The molecule has 0 aromatic heterocycles. The van der Waals surface area contributed by atoms with Gasteiger partial charge in [-0.05, 0) is 16.7 Å². The van der Waals surface area contributed by atoms with E-state index in [4.69, 9.17) is 9.84 Å². The summed E-state index contributed by atoms with van der Waals surface area (Å²) in [5.41, 5.74) is 1.17. The molecule has 0 fully saturated rings. The molecule has 3 N–H and O–H groups in total. The Morgan fingerprint density at radius 3 is 1.96 bits per heavy atom. The highest BCUT2D eigenvalue weighted by molar-refractivity contribution is 5.88. The lowest BCUT2D eigenvalue weighted by Crippen LogP contribution is -2.50. The minimum absolute atomic E-state index is 0.0436. The Morgan fingerprint density at radius 2 is 1.43 bits per heavy atom. The smallest absolute Gasteiger partial charge is 0.194 e.